The lowest BCUT2D eigenvalue weighted by Crippen LogP contribution is -2.26. The van der Waals surface area contributed by atoms with Gasteiger partial charge in [0.05, 0.1) is 12.4 Å². The Kier molecular flexibility index (Phi) is 6.43. The third kappa shape index (κ3) is 5.63. The Morgan fingerprint density at radius 1 is 1.22 bits per heavy atom. The first-order chi connectivity index (χ1) is 11.2. The summed E-state index contributed by atoms with van der Waals surface area (Å²) in [6.45, 7) is 1.62. The molecule has 0 saturated carbocycles. The highest BCUT2D eigenvalue weighted by atomic mass is 19.1. The van der Waals surface area contributed by atoms with Gasteiger partial charge in [0.15, 0.2) is 0 Å². The number of methoxy groups -OCH3 is 1. The van der Waals surface area contributed by atoms with E-state index < -0.39 is 0 Å². The highest BCUT2D eigenvalue weighted by Gasteiger charge is 2.07. The lowest BCUT2D eigenvalue weighted by atomic mass is 10.2. The van der Waals surface area contributed by atoms with Gasteiger partial charge in [-0.3, -0.25) is 4.79 Å². The molecule has 2 aromatic rings. The van der Waals surface area contributed by atoms with E-state index in [-0.39, 0.29) is 17.4 Å². The van der Waals surface area contributed by atoms with Gasteiger partial charge in [-0.05, 0) is 24.1 Å². The minimum atomic E-state index is -0.269. The van der Waals surface area contributed by atoms with Crippen molar-refractivity contribution in [1.29, 1.82) is 0 Å². The molecular weight excluding hydrogens is 299 g/mol. The SMILES string of the molecule is COCCCNC(=O)c1cnc(NCc2ccc(F)cc2)cn1. The van der Waals surface area contributed by atoms with Gasteiger partial charge in [-0.2, -0.15) is 0 Å². The molecule has 1 amide bonds. The molecule has 2 N–H and O–H groups in total. The molecule has 0 aliphatic rings. The molecule has 0 aliphatic heterocycles. The van der Waals surface area contributed by atoms with Gasteiger partial charge in [-0.15, -0.1) is 0 Å². The number of nitrogens with zero attached hydrogens (tertiary/aromatic N) is 2. The van der Waals surface area contributed by atoms with Gasteiger partial charge in [-0.25, -0.2) is 14.4 Å². The van der Waals surface area contributed by atoms with Crippen LogP contribution in [0.25, 0.3) is 0 Å². The van der Waals surface area contributed by atoms with Crippen LogP contribution in [0.5, 0.6) is 0 Å². The number of carbonyl (C=O) groups excluding carboxylic acids is 1. The van der Waals surface area contributed by atoms with Crippen molar-refractivity contribution in [2.75, 3.05) is 25.6 Å². The van der Waals surface area contributed by atoms with Crippen molar-refractivity contribution in [3.63, 3.8) is 0 Å². The third-order valence-corrected chi connectivity index (χ3v) is 3.08. The molecule has 0 spiro atoms. The molecule has 0 fully saturated rings. The Morgan fingerprint density at radius 2 is 2.00 bits per heavy atom. The fourth-order valence-electron chi connectivity index (χ4n) is 1.84. The molecule has 7 heteroatoms. The van der Waals surface area contributed by atoms with Gasteiger partial charge >= 0.3 is 0 Å². The van der Waals surface area contributed by atoms with Crippen molar-refractivity contribution >= 4 is 11.7 Å². The zero-order chi connectivity index (χ0) is 16.5. The zero-order valence-electron chi connectivity index (χ0n) is 12.9. The van der Waals surface area contributed by atoms with E-state index >= 15 is 0 Å². The van der Waals surface area contributed by atoms with E-state index in [1.54, 1.807) is 19.2 Å². The summed E-state index contributed by atoms with van der Waals surface area (Å²) in [5.41, 5.74) is 1.18. The number of nitrogens with one attached hydrogen (secondary N) is 2. The lowest BCUT2D eigenvalue weighted by molar-refractivity contribution is 0.0943. The molecule has 0 radical (unpaired) electrons. The monoisotopic (exact) mass is 318 g/mol. The summed E-state index contributed by atoms with van der Waals surface area (Å²) in [4.78, 5) is 20.0. The molecule has 0 bridgehead atoms. The van der Waals surface area contributed by atoms with E-state index in [0.717, 1.165) is 12.0 Å². The van der Waals surface area contributed by atoms with Gasteiger partial charge in [-0.1, -0.05) is 12.1 Å². The second kappa shape index (κ2) is 8.79. The smallest absolute Gasteiger partial charge is 0.271 e. The number of amides is 1. The van der Waals surface area contributed by atoms with Crippen LogP contribution in [0.3, 0.4) is 0 Å². The van der Waals surface area contributed by atoms with Crippen LogP contribution in [0.15, 0.2) is 36.7 Å². The van der Waals surface area contributed by atoms with Crippen LogP contribution in [0, 0.1) is 5.82 Å². The summed E-state index contributed by atoms with van der Waals surface area (Å²) in [6, 6.07) is 6.19. The van der Waals surface area contributed by atoms with E-state index in [1.165, 1.54) is 24.5 Å². The highest BCUT2D eigenvalue weighted by Crippen LogP contribution is 2.07. The van der Waals surface area contributed by atoms with Crippen molar-refractivity contribution in [3.8, 4) is 0 Å². The standard InChI is InChI=1S/C16H19FN4O2/c1-23-8-2-7-18-16(22)14-10-21-15(11-19-14)20-9-12-3-5-13(17)6-4-12/h3-6,10-11H,2,7-9H2,1H3,(H,18,22)(H,20,21). The summed E-state index contributed by atoms with van der Waals surface area (Å²) in [5.74, 6) is 0.0124. The van der Waals surface area contributed by atoms with E-state index in [9.17, 15) is 9.18 Å². The number of carbonyl (C=O) groups is 1. The molecule has 1 heterocycles. The van der Waals surface area contributed by atoms with Gasteiger partial charge in [0.1, 0.15) is 17.3 Å². The number of benzene rings is 1. The predicted molar refractivity (Wildman–Crippen MR) is 84.6 cm³/mol. The number of ether oxygens (including phenoxy) is 1. The third-order valence-electron chi connectivity index (χ3n) is 3.08. The Balaban J connectivity index is 1.81. The van der Waals surface area contributed by atoms with Gasteiger partial charge in [0, 0.05) is 26.8 Å². The molecule has 0 saturated heterocycles. The van der Waals surface area contributed by atoms with Crippen molar-refractivity contribution in [2.45, 2.75) is 13.0 Å². The van der Waals surface area contributed by atoms with Crippen LogP contribution in [-0.4, -0.2) is 36.1 Å². The van der Waals surface area contributed by atoms with E-state index in [0.29, 0.717) is 25.5 Å². The number of halogens is 1. The van der Waals surface area contributed by atoms with Gasteiger partial charge in [0.25, 0.3) is 5.91 Å². The Morgan fingerprint density at radius 3 is 2.65 bits per heavy atom. The molecule has 0 atom stereocenters. The first kappa shape index (κ1) is 16.8. The van der Waals surface area contributed by atoms with Crippen molar-refractivity contribution in [2.24, 2.45) is 0 Å². The normalized spacial score (nSPS) is 10.3. The van der Waals surface area contributed by atoms with Crippen LogP contribution < -0.4 is 10.6 Å². The van der Waals surface area contributed by atoms with Crippen LogP contribution >= 0.6 is 0 Å². The molecular formula is C16H19FN4O2. The number of rotatable bonds is 8. The number of hydrogen-bond donors (Lipinski definition) is 2. The van der Waals surface area contributed by atoms with Gasteiger partial charge in [0.2, 0.25) is 0 Å². The fourth-order valence-corrected chi connectivity index (χ4v) is 1.84. The zero-order valence-corrected chi connectivity index (χ0v) is 12.9. The lowest BCUT2D eigenvalue weighted by Gasteiger charge is -2.07. The van der Waals surface area contributed by atoms with Gasteiger partial charge < -0.3 is 15.4 Å². The van der Waals surface area contributed by atoms with E-state index in [4.69, 9.17) is 4.74 Å². The topological polar surface area (TPSA) is 76.1 Å². The quantitative estimate of drug-likeness (QED) is 0.728. The van der Waals surface area contributed by atoms with Crippen molar-refractivity contribution in [3.05, 3.63) is 53.7 Å². The Hall–Kier alpha value is -2.54. The van der Waals surface area contributed by atoms with Crippen LogP contribution in [-0.2, 0) is 11.3 Å². The van der Waals surface area contributed by atoms with E-state index in [1.807, 2.05) is 0 Å². The molecule has 6 nitrogen and oxygen atoms in total. The maximum Gasteiger partial charge on any atom is 0.271 e. The van der Waals surface area contributed by atoms with Crippen LogP contribution in [0.4, 0.5) is 10.2 Å². The fraction of sp³-hybridized carbons (Fsp3) is 0.312. The largest absolute Gasteiger partial charge is 0.385 e. The summed E-state index contributed by atoms with van der Waals surface area (Å²) < 4.78 is 17.7. The molecule has 122 valence electrons. The summed E-state index contributed by atoms with van der Waals surface area (Å²) in [6.07, 6.45) is 3.65. The first-order valence-corrected chi connectivity index (χ1v) is 7.26. The first-order valence-electron chi connectivity index (χ1n) is 7.26. The summed E-state index contributed by atoms with van der Waals surface area (Å²) in [5, 5.41) is 5.80. The number of aromatic nitrogens is 2. The average Bonchev–Trinajstić information content (AvgIpc) is 2.58. The molecule has 23 heavy (non-hydrogen) atoms. The number of hydrogen-bond acceptors (Lipinski definition) is 5. The summed E-state index contributed by atoms with van der Waals surface area (Å²) in [7, 11) is 1.62. The minimum Gasteiger partial charge on any atom is -0.385 e. The summed E-state index contributed by atoms with van der Waals surface area (Å²) >= 11 is 0. The number of anilines is 1. The average molecular weight is 318 g/mol. The predicted octanol–water partition coefficient (Wildman–Crippen LogP) is 1.99. The van der Waals surface area contributed by atoms with Crippen molar-refractivity contribution < 1.29 is 13.9 Å². The maximum atomic E-state index is 12.8. The highest BCUT2D eigenvalue weighted by molar-refractivity contribution is 5.91. The molecule has 1 aromatic heterocycles. The Labute approximate surface area is 134 Å². The molecule has 0 unspecified atom stereocenters. The van der Waals surface area contributed by atoms with Crippen LogP contribution in [0.1, 0.15) is 22.5 Å². The minimum absolute atomic E-state index is 0.259. The van der Waals surface area contributed by atoms with Crippen LogP contribution in [0.2, 0.25) is 0 Å². The van der Waals surface area contributed by atoms with Crippen molar-refractivity contribution in [1.82, 2.24) is 15.3 Å². The second-order valence-corrected chi connectivity index (χ2v) is 4.87. The second-order valence-electron chi connectivity index (χ2n) is 4.87. The molecule has 0 aliphatic carbocycles. The van der Waals surface area contributed by atoms with E-state index in [2.05, 4.69) is 20.6 Å². The molecule has 2 rings (SSSR count). The Bertz CT molecular complexity index is 617. The maximum absolute atomic E-state index is 12.8. The molecule has 1 aromatic carbocycles.